The molecule has 3 N–H and O–H groups in total. The Balaban J connectivity index is 1.69. The number of hydrogen-bond acceptors (Lipinski definition) is 3. The fourth-order valence-electron chi connectivity index (χ4n) is 2.81. The minimum absolute atomic E-state index is 0.202. The number of rotatable bonds is 7. The predicted octanol–water partition coefficient (Wildman–Crippen LogP) is 3.01. The lowest BCUT2D eigenvalue weighted by Crippen LogP contribution is -2.29. The molecular formula is C17H23N3. The first-order chi connectivity index (χ1) is 9.88. The maximum Gasteiger partial charge on any atom is 0.0466 e. The van der Waals surface area contributed by atoms with E-state index >= 15 is 0 Å². The van der Waals surface area contributed by atoms with Crippen molar-refractivity contribution in [2.45, 2.75) is 31.7 Å². The van der Waals surface area contributed by atoms with Gasteiger partial charge in [0.2, 0.25) is 0 Å². The summed E-state index contributed by atoms with van der Waals surface area (Å²) < 4.78 is 0. The van der Waals surface area contributed by atoms with Gasteiger partial charge in [-0.05, 0) is 36.3 Å². The van der Waals surface area contributed by atoms with E-state index in [1.54, 1.807) is 0 Å². The van der Waals surface area contributed by atoms with Crippen LogP contribution in [0.5, 0.6) is 0 Å². The zero-order chi connectivity index (χ0) is 13.8. The maximum absolute atomic E-state index is 5.96. The zero-order valence-corrected chi connectivity index (χ0v) is 11.9. The van der Waals surface area contributed by atoms with Gasteiger partial charge in [0, 0.05) is 30.4 Å². The average molecular weight is 269 g/mol. The molecule has 1 unspecified atom stereocenters. The SMILES string of the molecule is NCC(NCCCC1CC1)c1cncc2ccccc12. The van der Waals surface area contributed by atoms with Gasteiger partial charge >= 0.3 is 0 Å². The number of benzene rings is 1. The highest BCUT2D eigenvalue weighted by Gasteiger charge is 2.20. The van der Waals surface area contributed by atoms with Crippen LogP contribution in [0.25, 0.3) is 10.8 Å². The first-order valence-electron chi connectivity index (χ1n) is 7.64. The van der Waals surface area contributed by atoms with Crippen LogP contribution in [0.1, 0.15) is 37.3 Å². The van der Waals surface area contributed by atoms with Crippen molar-refractivity contribution in [2.75, 3.05) is 13.1 Å². The Morgan fingerprint density at radius 3 is 2.90 bits per heavy atom. The molecule has 20 heavy (non-hydrogen) atoms. The number of nitrogens with two attached hydrogens (primary N) is 1. The molecule has 106 valence electrons. The van der Waals surface area contributed by atoms with Gasteiger partial charge in [-0.3, -0.25) is 4.98 Å². The van der Waals surface area contributed by atoms with Crippen molar-refractivity contribution >= 4 is 10.8 Å². The molecule has 0 aliphatic heterocycles. The molecule has 1 saturated carbocycles. The van der Waals surface area contributed by atoms with Crippen molar-refractivity contribution in [1.29, 1.82) is 0 Å². The summed E-state index contributed by atoms with van der Waals surface area (Å²) in [4.78, 5) is 4.35. The topological polar surface area (TPSA) is 50.9 Å². The number of pyridine rings is 1. The summed E-state index contributed by atoms with van der Waals surface area (Å²) in [5.74, 6) is 1.01. The van der Waals surface area contributed by atoms with E-state index in [2.05, 4.69) is 28.5 Å². The van der Waals surface area contributed by atoms with E-state index in [9.17, 15) is 0 Å². The zero-order valence-electron chi connectivity index (χ0n) is 11.9. The van der Waals surface area contributed by atoms with E-state index in [1.165, 1.54) is 42.0 Å². The van der Waals surface area contributed by atoms with E-state index in [0.29, 0.717) is 6.54 Å². The molecule has 1 aliphatic carbocycles. The van der Waals surface area contributed by atoms with Crippen LogP contribution in [0.3, 0.4) is 0 Å². The summed E-state index contributed by atoms with van der Waals surface area (Å²) in [6.45, 7) is 1.65. The summed E-state index contributed by atoms with van der Waals surface area (Å²) >= 11 is 0. The van der Waals surface area contributed by atoms with Gasteiger partial charge in [-0.2, -0.15) is 0 Å². The van der Waals surface area contributed by atoms with Gasteiger partial charge < -0.3 is 11.1 Å². The Labute approximate surface area is 120 Å². The van der Waals surface area contributed by atoms with Crippen molar-refractivity contribution < 1.29 is 0 Å². The Morgan fingerprint density at radius 1 is 1.25 bits per heavy atom. The molecule has 1 aromatic carbocycles. The first kappa shape index (κ1) is 13.5. The largest absolute Gasteiger partial charge is 0.329 e. The molecule has 1 aliphatic rings. The smallest absolute Gasteiger partial charge is 0.0466 e. The van der Waals surface area contributed by atoms with E-state index in [-0.39, 0.29) is 6.04 Å². The van der Waals surface area contributed by atoms with E-state index in [4.69, 9.17) is 5.73 Å². The third-order valence-electron chi connectivity index (χ3n) is 4.19. The third-order valence-corrected chi connectivity index (χ3v) is 4.19. The molecule has 1 heterocycles. The number of nitrogens with zero attached hydrogens (tertiary/aromatic N) is 1. The quantitative estimate of drug-likeness (QED) is 0.760. The van der Waals surface area contributed by atoms with Crippen LogP contribution in [-0.4, -0.2) is 18.1 Å². The van der Waals surface area contributed by atoms with Crippen molar-refractivity contribution in [3.63, 3.8) is 0 Å². The fourth-order valence-corrected chi connectivity index (χ4v) is 2.81. The molecule has 0 radical (unpaired) electrons. The lowest BCUT2D eigenvalue weighted by atomic mass is 10.0. The Hall–Kier alpha value is -1.45. The van der Waals surface area contributed by atoms with Gasteiger partial charge in [-0.25, -0.2) is 0 Å². The van der Waals surface area contributed by atoms with Gasteiger partial charge in [0.25, 0.3) is 0 Å². The second-order valence-corrected chi connectivity index (χ2v) is 5.78. The van der Waals surface area contributed by atoms with Crippen LogP contribution in [0, 0.1) is 5.92 Å². The molecule has 1 fully saturated rings. The molecule has 2 aromatic rings. The van der Waals surface area contributed by atoms with E-state index in [1.807, 2.05) is 18.5 Å². The average Bonchev–Trinajstić information content (AvgIpc) is 3.31. The second-order valence-electron chi connectivity index (χ2n) is 5.78. The molecule has 3 heteroatoms. The number of hydrogen-bond donors (Lipinski definition) is 2. The molecule has 0 saturated heterocycles. The molecule has 3 nitrogen and oxygen atoms in total. The molecule has 0 spiro atoms. The van der Waals surface area contributed by atoms with E-state index in [0.717, 1.165) is 12.5 Å². The van der Waals surface area contributed by atoms with Crippen molar-refractivity contribution in [3.8, 4) is 0 Å². The third kappa shape index (κ3) is 3.17. The highest BCUT2D eigenvalue weighted by atomic mass is 14.9. The lowest BCUT2D eigenvalue weighted by Gasteiger charge is -2.18. The van der Waals surface area contributed by atoms with Crippen molar-refractivity contribution in [3.05, 3.63) is 42.2 Å². The van der Waals surface area contributed by atoms with Crippen molar-refractivity contribution in [2.24, 2.45) is 11.7 Å². The minimum atomic E-state index is 0.202. The van der Waals surface area contributed by atoms with Gasteiger partial charge in [0.05, 0.1) is 0 Å². The summed E-state index contributed by atoms with van der Waals surface area (Å²) in [6.07, 6.45) is 9.35. The molecule has 0 bridgehead atoms. The molecule has 3 rings (SSSR count). The van der Waals surface area contributed by atoms with Gasteiger partial charge in [-0.15, -0.1) is 0 Å². The summed E-state index contributed by atoms with van der Waals surface area (Å²) in [7, 11) is 0. The Bertz CT molecular complexity index is 558. The standard InChI is InChI=1S/C17H23N3/c18-10-17(20-9-3-4-13-7-8-13)16-12-19-11-14-5-1-2-6-15(14)16/h1-2,5-6,11-13,17,20H,3-4,7-10,18H2. The van der Waals surface area contributed by atoms with Gasteiger partial charge in [0.15, 0.2) is 0 Å². The molecule has 0 amide bonds. The summed E-state index contributed by atoms with van der Waals surface area (Å²) in [6, 6.07) is 8.58. The Kier molecular flexibility index (Phi) is 4.28. The minimum Gasteiger partial charge on any atom is -0.329 e. The van der Waals surface area contributed by atoms with Crippen LogP contribution in [0.15, 0.2) is 36.7 Å². The normalized spacial score (nSPS) is 16.4. The Morgan fingerprint density at radius 2 is 2.10 bits per heavy atom. The highest BCUT2D eigenvalue weighted by Crippen LogP contribution is 2.33. The highest BCUT2D eigenvalue weighted by molar-refractivity contribution is 5.85. The molecule has 1 aromatic heterocycles. The van der Waals surface area contributed by atoms with E-state index < -0.39 is 0 Å². The second kappa shape index (κ2) is 6.33. The van der Waals surface area contributed by atoms with Gasteiger partial charge in [-0.1, -0.05) is 37.1 Å². The van der Waals surface area contributed by atoms with Crippen LogP contribution in [-0.2, 0) is 0 Å². The number of fused-ring (bicyclic) bond motifs is 1. The number of aromatic nitrogens is 1. The lowest BCUT2D eigenvalue weighted by molar-refractivity contribution is 0.513. The summed E-state index contributed by atoms with van der Waals surface area (Å²) in [5.41, 5.74) is 7.18. The monoisotopic (exact) mass is 269 g/mol. The summed E-state index contributed by atoms with van der Waals surface area (Å²) in [5, 5.41) is 6.04. The first-order valence-corrected chi connectivity index (χ1v) is 7.64. The van der Waals surface area contributed by atoms with Crippen LogP contribution in [0.4, 0.5) is 0 Å². The van der Waals surface area contributed by atoms with Crippen LogP contribution >= 0.6 is 0 Å². The van der Waals surface area contributed by atoms with Gasteiger partial charge in [0.1, 0.15) is 0 Å². The maximum atomic E-state index is 5.96. The number of nitrogens with one attached hydrogen (secondary N) is 1. The van der Waals surface area contributed by atoms with Crippen LogP contribution < -0.4 is 11.1 Å². The predicted molar refractivity (Wildman–Crippen MR) is 83.5 cm³/mol. The van der Waals surface area contributed by atoms with Crippen molar-refractivity contribution in [1.82, 2.24) is 10.3 Å². The molecule has 1 atom stereocenters. The fraction of sp³-hybridized carbons (Fsp3) is 0.471. The molecular weight excluding hydrogens is 246 g/mol. The van der Waals surface area contributed by atoms with Crippen LogP contribution in [0.2, 0.25) is 0 Å².